The summed E-state index contributed by atoms with van der Waals surface area (Å²) in [5, 5.41) is 7.57. The van der Waals surface area contributed by atoms with E-state index in [4.69, 9.17) is 10.5 Å². The summed E-state index contributed by atoms with van der Waals surface area (Å²) in [4.78, 5) is 12.5. The maximum atomic E-state index is 12.5. The van der Waals surface area contributed by atoms with Crippen LogP contribution in [0.15, 0.2) is 42.6 Å². The first-order chi connectivity index (χ1) is 11.7. The van der Waals surface area contributed by atoms with E-state index in [1.807, 2.05) is 47.3 Å². The molecule has 1 fully saturated rings. The molecule has 1 aromatic heterocycles. The minimum absolute atomic E-state index is 0.0378. The predicted molar refractivity (Wildman–Crippen MR) is 91.8 cm³/mol. The average Bonchev–Trinajstić information content (AvgIpc) is 3.12. The lowest BCUT2D eigenvalue weighted by atomic mass is 9.79. The van der Waals surface area contributed by atoms with Gasteiger partial charge in [0.15, 0.2) is 0 Å². The van der Waals surface area contributed by atoms with Crippen LogP contribution in [0.1, 0.15) is 18.5 Å². The Hall–Kier alpha value is -2.18. The molecule has 6 heteroatoms. The summed E-state index contributed by atoms with van der Waals surface area (Å²) >= 11 is 0. The summed E-state index contributed by atoms with van der Waals surface area (Å²) in [6.45, 7) is 2.14. The lowest BCUT2D eigenvalue weighted by Gasteiger charge is -2.34. The van der Waals surface area contributed by atoms with Gasteiger partial charge in [-0.1, -0.05) is 18.2 Å². The number of benzene rings is 1. The Kier molecular flexibility index (Phi) is 5.27. The SMILES string of the molecule is NCC1(C(=O)NCCc2ccn(-c3ccccc3)n2)CCOCC1. The number of carbonyl (C=O) groups is 1. The molecule has 128 valence electrons. The number of aromatic nitrogens is 2. The predicted octanol–water partition coefficient (Wildman–Crippen LogP) is 1.29. The van der Waals surface area contributed by atoms with Crippen LogP contribution in [0.5, 0.6) is 0 Å². The van der Waals surface area contributed by atoms with Gasteiger partial charge in [-0.15, -0.1) is 0 Å². The van der Waals surface area contributed by atoms with Crippen molar-refractivity contribution in [1.29, 1.82) is 0 Å². The number of nitrogens with zero attached hydrogens (tertiary/aromatic N) is 2. The van der Waals surface area contributed by atoms with Crippen LogP contribution < -0.4 is 11.1 Å². The highest BCUT2D eigenvalue weighted by atomic mass is 16.5. The van der Waals surface area contributed by atoms with Gasteiger partial charge in [-0.2, -0.15) is 5.10 Å². The Morgan fingerprint density at radius 1 is 1.25 bits per heavy atom. The third kappa shape index (κ3) is 3.66. The number of rotatable bonds is 6. The number of hydrogen-bond donors (Lipinski definition) is 2. The normalized spacial score (nSPS) is 16.7. The van der Waals surface area contributed by atoms with Crippen molar-refractivity contribution in [3.63, 3.8) is 0 Å². The standard InChI is InChI=1S/C18H24N4O2/c19-14-18(8-12-24-13-9-18)17(23)20-10-6-15-7-11-22(21-15)16-4-2-1-3-5-16/h1-5,7,11H,6,8-10,12-14,19H2,(H,20,23). The van der Waals surface area contributed by atoms with Gasteiger partial charge in [0.1, 0.15) is 0 Å². The molecule has 1 amide bonds. The second-order valence-electron chi connectivity index (χ2n) is 6.19. The van der Waals surface area contributed by atoms with Crippen molar-refractivity contribution < 1.29 is 9.53 Å². The number of hydrogen-bond acceptors (Lipinski definition) is 4. The van der Waals surface area contributed by atoms with Crippen LogP contribution in [0, 0.1) is 5.41 Å². The molecule has 1 aromatic carbocycles. The minimum Gasteiger partial charge on any atom is -0.381 e. The smallest absolute Gasteiger partial charge is 0.227 e. The minimum atomic E-state index is -0.471. The van der Waals surface area contributed by atoms with E-state index in [-0.39, 0.29) is 5.91 Å². The van der Waals surface area contributed by atoms with Gasteiger partial charge in [-0.05, 0) is 31.0 Å². The summed E-state index contributed by atoms with van der Waals surface area (Å²) in [6.07, 6.45) is 4.02. The summed E-state index contributed by atoms with van der Waals surface area (Å²) in [6, 6.07) is 11.9. The zero-order valence-corrected chi connectivity index (χ0v) is 13.8. The van der Waals surface area contributed by atoms with Crippen molar-refractivity contribution in [2.45, 2.75) is 19.3 Å². The zero-order valence-electron chi connectivity index (χ0n) is 13.8. The van der Waals surface area contributed by atoms with Gasteiger partial charge >= 0.3 is 0 Å². The average molecular weight is 328 g/mol. The zero-order chi connectivity index (χ0) is 16.8. The molecule has 6 nitrogen and oxygen atoms in total. The van der Waals surface area contributed by atoms with E-state index in [0.29, 0.717) is 45.6 Å². The summed E-state index contributed by atoms with van der Waals surface area (Å²) in [5.74, 6) is 0.0378. The second kappa shape index (κ2) is 7.59. The highest BCUT2D eigenvalue weighted by Crippen LogP contribution is 2.29. The number of para-hydroxylation sites is 1. The van der Waals surface area contributed by atoms with Crippen molar-refractivity contribution >= 4 is 5.91 Å². The van der Waals surface area contributed by atoms with Gasteiger partial charge in [0.2, 0.25) is 5.91 Å². The quantitative estimate of drug-likeness (QED) is 0.837. The molecule has 2 aromatic rings. The Bertz CT molecular complexity index is 663. The van der Waals surface area contributed by atoms with E-state index < -0.39 is 5.41 Å². The molecule has 0 aliphatic carbocycles. The van der Waals surface area contributed by atoms with Crippen LogP contribution >= 0.6 is 0 Å². The van der Waals surface area contributed by atoms with Crippen LogP contribution in [-0.2, 0) is 16.0 Å². The third-order valence-corrected chi connectivity index (χ3v) is 4.65. The van der Waals surface area contributed by atoms with Crippen molar-refractivity contribution in [3.05, 3.63) is 48.3 Å². The molecular weight excluding hydrogens is 304 g/mol. The summed E-state index contributed by atoms with van der Waals surface area (Å²) in [5.41, 5.74) is 7.36. The monoisotopic (exact) mass is 328 g/mol. The molecule has 0 unspecified atom stereocenters. The van der Waals surface area contributed by atoms with Gasteiger partial charge in [0.25, 0.3) is 0 Å². The first-order valence-electron chi connectivity index (χ1n) is 8.40. The molecule has 3 rings (SSSR count). The molecule has 0 atom stereocenters. The maximum absolute atomic E-state index is 12.5. The molecule has 3 N–H and O–H groups in total. The van der Waals surface area contributed by atoms with Crippen molar-refractivity contribution in [2.75, 3.05) is 26.3 Å². The number of nitrogens with two attached hydrogens (primary N) is 1. The van der Waals surface area contributed by atoms with Gasteiger partial charge in [-0.3, -0.25) is 4.79 Å². The largest absolute Gasteiger partial charge is 0.381 e. The van der Waals surface area contributed by atoms with Gasteiger partial charge in [0, 0.05) is 38.9 Å². The van der Waals surface area contributed by atoms with Crippen LogP contribution in [0.3, 0.4) is 0 Å². The Labute approximate surface area is 142 Å². The maximum Gasteiger partial charge on any atom is 0.227 e. The van der Waals surface area contributed by atoms with E-state index in [1.54, 1.807) is 0 Å². The molecule has 0 radical (unpaired) electrons. The number of ether oxygens (including phenoxy) is 1. The van der Waals surface area contributed by atoms with E-state index in [1.165, 1.54) is 0 Å². The molecule has 24 heavy (non-hydrogen) atoms. The Morgan fingerprint density at radius 2 is 2.00 bits per heavy atom. The first kappa shape index (κ1) is 16.7. The highest BCUT2D eigenvalue weighted by molar-refractivity contribution is 5.83. The molecule has 0 spiro atoms. The fourth-order valence-electron chi connectivity index (χ4n) is 3.00. The Balaban J connectivity index is 1.53. The summed E-state index contributed by atoms with van der Waals surface area (Å²) in [7, 11) is 0. The number of carbonyl (C=O) groups excluding carboxylic acids is 1. The van der Waals surface area contributed by atoms with Crippen LogP contribution in [0.4, 0.5) is 0 Å². The van der Waals surface area contributed by atoms with E-state index in [0.717, 1.165) is 11.4 Å². The van der Waals surface area contributed by atoms with Gasteiger partial charge in [-0.25, -0.2) is 4.68 Å². The Morgan fingerprint density at radius 3 is 2.71 bits per heavy atom. The number of amides is 1. The van der Waals surface area contributed by atoms with E-state index in [9.17, 15) is 4.79 Å². The van der Waals surface area contributed by atoms with Crippen LogP contribution in [0.25, 0.3) is 5.69 Å². The first-order valence-corrected chi connectivity index (χ1v) is 8.40. The fraction of sp³-hybridized carbons (Fsp3) is 0.444. The van der Waals surface area contributed by atoms with Crippen LogP contribution in [-0.4, -0.2) is 42.0 Å². The lowest BCUT2D eigenvalue weighted by Crippen LogP contribution is -2.49. The molecule has 2 heterocycles. The topological polar surface area (TPSA) is 82.2 Å². The molecule has 0 bridgehead atoms. The van der Waals surface area contributed by atoms with Crippen molar-refractivity contribution in [3.8, 4) is 5.69 Å². The molecular formula is C18H24N4O2. The van der Waals surface area contributed by atoms with Crippen molar-refractivity contribution in [1.82, 2.24) is 15.1 Å². The molecule has 1 saturated heterocycles. The third-order valence-electron chi connectivity index (χ3n) is 4.65. The van der Waals surface area contributed by atoms with Gasteiger partial charge in [0.05, 0.1) is 16.8 Å². The molecule has 1 aliphatic rings. The van der Waals surface area contributed by atoms with E-state index in [2.05, 4.69) is 10.4 Å². The molecule has 0 saturated carbocycles. The van der Waals surface area contributed by atoms with Gasteiger partial charge < -0.3 is 15.8 Å². The number of nitrogens with one attached hydrogen (secondary N) is 1. The lowest BCUT2D eigenvalue weighted by molar-refractivity contribution is -0.135. The fourth-order valence-corrected chi connectivity index (χ4v) is 3.00. The summed E-state index contributed by atoms with van der Waals surface area (Å²) < 4.78 is 7.19. The van der Waals surface area contributed by atoms with E-state index >= 15 is 0 Å². The second-order valence-corrected chi connectivity index (χ2v) is 6.19. The molecule has 1 aliphatic heterocycles. The highest BCUT2D eigenvalue weighted by Gasteiger charge is 2.38. The van der Waals surface area contributed by atoms with Crippen LogP contribution in [0.2, 0.25) is 0 Å². The van der Waals surface area contributed by atoms with Crippen molar-refractivity contribution in [2.24, 2.45) is 11.1 Å².